The highest BCUT2D eigenvalue weighted by Crippen LogP contribution is 2.17. The van der Waals surface area contributed by atoms with Crippen molar-refractivity contribution in [3.05, 3.63) is 29.3 Å². The van der Waals surface area contributed by atoms with E-state index in [4.69, 9.17) is 5.11 Å². The number of carbonyl (C=O) groups excluding carboxylic acids is 1. The van der Waals surface area contributed by atoms with Crippen LogP contribution >= 0.6 is 0 Å². The van der Waals surface area contributed by atoms with E-state index in [1.54, 1.807) is 6.92 Å². The van der Waals surface area contributed by atoms with Gasteiger partial charge < -0.3 is 10.4 Å². The minimum Gasteiger partial charge on any atom is -0.478 e. The Morgan fingerprint density at radius 1 is 1.32 bits per heavy atom. The van der Waals surface area contributed by atoms with Crippen molar-refractivity contribution in [2.75, 3.05) is 12.8 Å². The zero-order valence-electron chi connectivity index (χ0n) is 10.6. The minimum atomic E-state index is -3.66. The van der Waals surface area contributed by atoms with Crippen LogP contribution in [0.1, 0.15) is 22.3 Å². The van der Waals surface area contributed by atoms with E-state index in [1.807, 2.05) is 0 Å². The molecule has 2 N–H and O–H groups in total. The maximum absolute atomic E-state index is 12.0. The van der Waals surface area contributed by atoms with Crippen molar-refractivity contribution in [2.45, 2.75) is 18.2 Å². The molecule has 0 aliphatic rings. The number of carboxylic acids is 1. The Bertz CT molecular complexity index is 607. The summed E-state index contributed by atoms with van der Waals surface area (Å²) < 4.78 is 23.9. The second kappa shape index (κ2) is 5.83. The molecule has 0 aliphatic heterocycles. The van der Waals surface area contributed by atoms with Crippen molar-refractivity contribution in [3.8, 4) is 0 Å². The number of hydrogen-bond donors (Lipinski definition) is 2. The normalized spacial score (nSPS) is 11.1. The third-order valence-electron chi connectivity index (χ3n) is 2.68. The van der Waals surface area contributed by atoms with Crippen LogP contribution in [-0.4, -0.2) is 38.2 Å². The molecule has 7 heteroatoms. The molecular formula is C12H15NO5S. The van der Waals surface area contributed by atoms with Gasteiger partial charge >= 0.3 is 5.97 Å². The Labute approximate surface area is 111 Å². The maximum atomic E-state index is 12.0. The molecule has 1 aromatic carbocycles. The molecule has 0 saturated heterocycles. The molecule has 0 fully saturated rings. The first-order valence-electron chi connectivity index (χ1n) is 5.55. The molecule has 0 aromatic heterocycles. The van der Waals surface area contributed by atoms with Gasteiger partial charge in [-0.1, -0.05) is 6.07 Å². The van der Waals surface area contributed by atoms with Crippen molar-refractivity contribution in [2.24, 2.45) is 0 Å². The summed E-state index contributed by atoms with van der Waals surface area (Å²) in [7, 11) is -2.24. The van der Waals surface area contributed by atoms with E-state index < -0.39 is 15.8 Å². The van der Waals surface area contributed by atoms with E-state index in [0.29, 0.717) is 5.56 Å². The lowest BCUT2D eigenvalue weighted by Crippen LogP contribution is -2.21. The van der Waals surface area contributed by atoms with Crippen LogP contribution in [0.5, 0.6) is 0 Å². The van der Waals surface area contributed by atoms with Crippen LogP contribution in [0.4, 0.5) is 0 Å². The maximum Gasteiger partial charge on any atom is 0.335 e. The molecule has 0 spiro atoms. The zero-order valence-corrected chi connectivity index (χ0v) is 11.5. The van der Waals surface area contributed by atoms with E-state index in [-0.39, 0.29) is 28.5 Å². The van der Waals surface area contributed by atoms with Crippen molar-refractivity contribution in [3.63, 3.8) is 0 Å². The summed E-state index contributed by atoms with van der Waals surface area (Å²) in [6.45, 7) is 1.59. The summed E-state index contributed by atoms with van der Waals surface area (Å²) in [4.78, 5) is 21.9. The molecule has 1 aromatic rings. The molecule has 0 unspecified atom stereocenters. The molecule has 0 heterocycles. The zero-order chi connectivity index (χ0) is 14.6. The highest BCUT2D eigenvalue weighted by atomic mass is 32.2. The third-order valence-corrected chi connectivity index (χ3v) is 4.39. The monoisotopic (exact) mass is 285 g/mol. The number of carboxylic acid groups (broad SMARTS) is 1. The lowest BCUT2D eigenvalue weighted by Gasteiger charge is -2.07. The largest absolute Gasteiger partial charge is 0.478 e. The first kappa shape index (κ1) is 15.2. The summed E-state index contributed by atoms with van der Waals surface area (Å²) in [5, 5.41) is 11.3. The molecule has 0 atom stereocenters. The smallest absolute Gasteiger partial charge is 0.335 e. The molecule has 6 nitrogen and oxygen atoms in total. The molecule has 0 radical (unpaired) electrons. The van der Waals surface area contributed by atoms with E-state index >= 15 is 0 Å². The summed E-state index contributed by atoms with van der Waals surface area (Å²) in [6.07, 6.45) is -0.158. The number of nitrogens with one attached hydrogen (secondary N) is 1. The molecule has 0 saturated carbocycles. The summed E-state index contributed by atoms with van der Waals surface area (Å²) in [5.74, 6) is -1.91. The van der Waals surface area contributed by atoms with Crippen LogP contribution in [0.3, 0.4) is 0 Å². The van der Waals surface area contributed by atoms with E-state index in [2.05, 4.69) is 5.32 Å². The number of hydrogen-bond acceptors (Lipinski definition) is 4. The Hall–Kier alpha value is -1.89. The summed E-state index contributed by atoms with van der Waals surface area (Å²) in [5.41, 5.74) is 0.429. The van der Waals surface area contributed by atoms with E-state index in [1.165, 1.54) is 19.2 Å². The quantitative estimate of drug-likeness (QED) is 0.825. The van der Waals surface area contributed by atoms with Gasteiger partial charge in [0, 0.05) is 13.5 Å². The predicted molar refractivity (Wildman–Crippen MR) is 68.9 cm³/mol. The molecule has 1 amide bonds. The van der Waals surface area contributed by atoms with Gasteiger partial charge in [0.1, 0.15) is 0 Å². The van der Waals surface area contributed by atoms with Crippen molar-refractivity contribution < 1.29 is 23.1 Å². The number of aryl methyl sites for hydroxylation is 1. The van der Waals surface area contributed by atoms with Gasteiger partial charge in [-0.15, -0.1) is 0 Å². The highest BCUT2D eigenvalue weighted by molar-refractivity contribution is 7.91. The second-order valence-electron chi connectivity index (χ2n) is 4.02. The highest BCUT2D eigenvalue weighted by Gasteiger charge is 2.18. The number of aromatic carboxylic acids is 1. The molecular weight excluding hydrogens is 270 g/mol. The molecule has 19 heavy (non-hydrogen) atoms. The number of carbonyl (C=O) groups is 2. The van der Waals surface area contributed by atoms with Gasteiger partial charge in [0.2, 0.25) is 5.91 Å². The lowest BCUT2D eigenvalue weighted by molar-refractivity contribution is -0.120. The minimum absolute atomic E-state index is 0.0546. The van der Waals surface area contributed by atoms with E-state index in [0.717, 1.165) is 6.07 Å². The molecule has 0 bridgehead atoms. The van der Waals surface area contributed by atoms with E-state index in [9.17, 15) is 18.0 Å². The third kappa shape index (κ3) is 3.78. The Balaban J connectivity index is 3.05. The number of benzene rings is 1. The SMILES string of the molecule is CNC(=O)CCS(=O)(=O)c1ccc(C)c(C(=O)O)c1. The van der Waals surface area contributed by atoms with Crippen molar-refractivity contribution in [1.82, 2.24) is 5.32 Å². The molecule has 104 valence electrons. The van der Waals surface area contributed by atoms with Crippen LogP contribution in [-0.2, 0) is 14.6 Å². The van der Waals surface area contributed by atoms with Crippen molar-refractivity contribution in [1.29, 1.82) is 0 Å². The van der Waals surface area contributed by atoms with Gasteiger partial charge in [-0.25, -0.2) is 13.2 Å². The fourth-order valence-corrected chi connectivity index (χ4v) is 2.76. The average Bonchev–Trinajstić information content (AvgIpc) is 2.35. The standard InChI is InChI=1S/C12H15NO5S/c1-8-3-4-9(7-10(8)12(15)16)19(17,18)6-5-11(14)13-2/h3-4,7H,5-6H2,1-2H3,(H,13,14)(H,15,16). The number of amides is 1. The van der Waals surface area contributed by atoms with Gasteiger partial charge in [0.15, 0.2) is 9.84 Å². The average molecular weight is 285 g/mol. The van der Waals surface area contributed by atoms with Gasteiger partial charge in [-0.05, 0) is 24.6 Å². The van der Waals surface area contributed by atoms with Crippen LogP contribution in [0, 0.1) is 6.92 Å². The van der Waals surface area contributed by atoms with Gasteiger partial charge in [0.25, 0.3) is 0 Å². The summed E-state index contributed by atoms with van der Waals surface area (Å²) in [6, 6.07) is 3.91. The van der Waals surface area contributed by atoms with Crippen LogP contribution in [0.2, 0.25) is 0 Å². The van der Waals surface area contributed by atoms with Crippen LogP contribution < -0.4 is 5.32 Å². The van der Waals surface area contributed by atoms with Crippen LogP contribution in [0.25, 0.3) is 0 Å². The Kier molecular flexibility index (Phi) is 4.66. The molecule has 1 rings (SSSR count). The fourth-order valence-electron chi connectivity index (χ4n) is 1.49. The second-order valence-corrected chi connectivity index (χ2v) is 6.13. The fraction of sp³-hybridized carbons (Fsp3) is 0.333. The Morgan fingerprint density at radius 2 is 1.95 bits per heavy atom. The topological polar surface area (TPSA) is 101 Å². The summed E-state index contributed by atoms with van der Waals surface area (Å²) >= 11 is 0. The lowest BCUT2D eigenvalue weighted by atomic mass is 10.1. The molecule has 0 aliphatic carbocycles. The van der Waals surface area contributed by atoms with Gasteiger partial charge in [-0.2, -0.15) is 0 Å². The predicted octanol–water partition coefficient (Wildman–Crippen LogP) is 0.603. The number of sulfone groups is 1. The Morgan fingerprint density at radius 3 is 2.47 bits per heavy atom. The van der Waals surface area contributed by atoms with Crippen molar-refractivity contribution >= 4 is 21.7 Å². The first-order chi connectivity index (χ1) is 8.77. The first-order valence-corrected chi connectivity index (χ1v) is 7.20. The number of rotatable bonds is 5. The van der Waals surface area contributed by atoms with Crippen LogP contribution in [0.15, 0.2) is 23.1 Å². The van der Waals surface area contributed by atoms with Gasteiger partial charge in [-0.3, -0.25) is 4.79 Å². The van der Waals surface area contributed by atoms with Gasteiger partial charge in [0.05, 0.1) is 16.2 Å².